The predicted octanol–water partition coefficient (Wildman–Crippen LogP) is 2.35. The molecule has 0 aliphatic rings. The Morgan fingerprint density at radius 1 is 1.69 bits per heavy atom. The summed E-state index contributed by atoms with van der Waals surface area (Å²) >= 11 is 0. The lowest BCUT2D eigenvalue weighted by molar-refractivity contribution is -0.133. The molecule has 0 aromatic heterocycles. The zero-order chi connectivity index (χ0) is 10.3. The molecule has 0 heterocycles. The molecule has 0 bridgehead atoms. The van der Waals surface area contributed by atoms with Crippen molar-refractivity contribution in [1.82, 2.24) is 0 Å². The van der Waals surface area contributed by atoms with Gasteiger partial charge in [0, 0.05) is 6.08 Å². The van der Waals surface area contributed by atoms with Crippen LogP contribution in [0.4, 0.5) is 0 Å². The standard InChI is InChI=1S/C10H15NO2/c1-3-4-5-8(2)9(6-7-11)10(12)13/h6,8H,3-5H2,1-2H3,(H,12,13)/b9-6-. The first-order valence-corrected chi connectivity index (χ1v) is 4.46. The first-order valence-electron chi connectivity index (χ1n) is 4.46. The highest BCUT2D eigenvalue weighted by Crippen LogP contribution is 2.17. The minimum Gasteiger partial charge on any atom is -0.478 e. The number of allylic oxidation sites excluding steroid dienone is 1. The zero-order valence-electron chi connectivity index (χ0n) is 8.08. The van der Waals surface area contributed by atoms with Crippen LogP contribution < -0.4 is 0 Å². The van der Waals surface area contributed by atoms with Gasteiger partial charge in [0.1, 0.15) is 0 Å². The molecule has 0 rings (SSSR count). The number of rotatable bonds is 5. The second-order valence-electron chi connectivity index (χ2n) is 3.08. The average molecular weight is 181 g/mol. The van der Waals surface area contributed by atoms with E-state index in [9.17, 15) is 4.79 Å². The van der Waals surface area contributed by atoms with E-state index in [1.54, 1.807) is 6.07 Å². The maximum atomic E-state index is 10.7. The van der Waals surface area contributed by atoms with E-state index in [1.807, 2.05) is 6.92 Å². The monoisotopic (exact) mass is 181 g/mol. The Morgan fingerprint density at radius 2 is 2.31 bits per heavy atom. The van der Waals surface area contributed by atoms with Crippen LogP contribution in [0.2, 0.25) is 0 Å². The smallest absolute Gasteiger partial charge is 0.332 e. The van der Waals surface area contributed by atoms with Gasteiger partial charge >= 0.3 is 5.97 Å². The van der Waals surface area contributed by atoms with Crippen molar-refractivity contribution in [2.24, 2.45) is 5.92 Å². The van der Waals surface area contributed by atoms with Crippen molar-refractivity contribution in [2.45, 2.75) is 33.1 Å². The molecule has 0 aromatic rings. The predicted molar refractivity (Wildman–Crippen MR) is 50.0 cm³/mol. The summed E-state index contributed by atoms with van der Waals surface area (Å²) < 4.78 is 0. The van der Waals surface area contributed by atoms with Crippen LogP contribution in [0.25, 0.3) is 0 Å². The number of aliphatic carboxylic acids is 1. The normalized spacial score (nSPS) is 13.5. The third-order valence-electron chi connectivity index (χ3n) is 1.99. The first kappa shape index (κ1) is 11.7. The van der Waals surface area contributed by atoms with E-state index in [0.29, 0.717) is 0 Å². The van der Waals surface area contributed by atoms with Gasteiger partial charge in [0.25, 0.3) is 0 Å². The highest BCUT2D eigenvalue weighted by atomic mass is 16.4. The third-order valence-corrected chi connectivity index (χ3v) is 1.99. The molecule has 0 aliphatic carbocycles. The van der Waals surface area contributed by atoms with Crippen molar-refractivity contribution >= 4 is 5.97 Å². The topological polar surface area (TPSA) is 61.1 Å². The Kier molecular flexibility index (Phi) is 5.62. The molecule has 3 nitrogen and oxygen atoms in total. The van der Waals surface area contributed by atoms with E-state index < -0.39 is 5.97 Å². The molecule has 0 spiro atoms. The average Bonchev–Trinajstić information content (AvgIpc) is 2.09. The molecule has 0 radical (unpaired) electrons. The quantitative estimate of drug-likeness (QED) is 0.523. The molecule has 0 fully saturated rings. The highest BCUT2D eigenvalue weighted by molar-refractivity contribution is 5.87. The van der Waals surface area contributed by atoms with Crippen molar-refractivity contribution in [3.63, 3.8) is 0 Å². The van der Waals surface area contributed by atoms with Crippen molar-refractivity contribution in [3.8, 4) is 6.07 Å². The molecule has 0 saturated carbocycles. The summed E-state index contributed by atoms with van der Waals surface area (Å²) in [4.78, 5) is 10.7. The van der Waals surface area contributed by atoms with Crippen LogP contribution in [0.1, 0.15) is 33.1 Å². The number of unbranched alkanes of at least 4 members (excludes halogenated alkanes) is 1. The first-order chi connectivity index (χ1) is 6.13. The van der Waals surface area contributed by atoms with E-state index in [2.05, 4.69) is 6.92 Å². The Morgan fingerprint density at radius 3 is 2.69 bits per heavy atom. The Bertz CT molecular complexity index is 238. The molecule has 0 aromatic carbocycles. The molecular formula is C10H15NO2. The van der Waals surface area contributed by atoms with Crippen LogP contribution in [0.15, 0.2) is 11.6 Å². The fraction of sp³-hybridized carbons (Fsp3) is 0.600. The molecule has 0 amide bonds. The molecule has 1 N–H and O–H groups in total. The van der Waals surface area contributed by atoms with E-state index in [0.717, 1.165) is 25.3 Å². The van der Waals surface area contributed by atoms with E-state index in [4.69, 9.17) is 10.4 Å². The molecule has 1 unspecified atom stereocenters. The van der Waals surface area contributed by atoms with E-state index in [-0.39, 0.29) is 11.5 Å². The van der Waals surface area contributed by atoms with Gasteiger partial charge in [-0.05, 0) is 12.3 Å². The van der Waals surface area contributed by atoms with Gasteiger partial charge in [0.05, 0.1) is 11.6 Å². The maximum absolute atomic E-state index is 10.7. The fourth-order valence-electron chi connectivity index (χ4n) is 1.15. The number of nitrogens with zero attached hydrogens (tertiary/aromatic N) is 1. The number of hydrogen-bond donors (Lipinski definition) is 1. The highest BCUT2D eigenvalue weighted by Gasteiger charge is 2.14. The molecule has 72 valence electrons. The Hall–Kier alpha value is -1.30. The lowest BCUT2D eigenvalue weighted by atomic mass is 9.95. The maximum Gasteiger partial charge on any atom is 0.332 e. The van der Waals surface area contributed by atoms with Gasteiger partial charge in [0.15, 0.2) is 0 Å². The molecular weight excluding hydrogens is 166 g/mol. The Balaban J connectivity index is 4.31. The van der Waals surface area contributed by atoms with Gasteiger partial charge in [-0.3, -0.25) is 0 Å². The molecule has 13 heavy (non-hydrogen) atoms. The van der Waals surface area contributed by atoms with Gasteiger partial charge < -0.3 is 5.11 Å². The molecule has 1 atom stereocenters. The van der Waals surface area contributed by atoms with Gasteiger partial charge in [-0.2, -0.15) is 5.26 Å². The summed E-state index contributed by atoms with van der Waals surface area (Å²) in [5.41, 5.74) is 0.218. The summed E-state index contributed by atoms with van der Waals surface area (Å²) in [6.45, 7) is 3.90. The van der Waals surface area contributed by atoms with Crippen LogP contribution in [0.3, 0.4) is 0 Å². The SMILES string of the molecule is CCCCC(C)/C(=C/C#N)C(=O)O. The number of carboxylic acid groups (broad SMARTS) is 1. The van der Waals surface area contributed by atoms with Gasteiger partial charge in [-0.1, -0.05) is 26.7 Å². The number of carbonyl (C=O) groups is 1. The summed E-state index contributed by atoms with van der Waals surface area (Å²) in [6, 6.07) is 1.76. The second-order valence-corrected chi connectivity index (χ2v) is 3.08. The van der Waals surface area contributed by atoms with Gasteiger partial charge in [-0.15, -0.1) is 0 Å². The minimum absolute atomic E-state index is 0.0305. The number of carboxylic acids is 1. The number of hydrogen-bond acceptors (Lipinski definition) is 2. The molecule has 3 heteroatoms. The van der Waals surface area contributed by atoms with Crippen molar-refractivity contribution in [2.75, 3.05) is 0 Å². The van der Waals surface area contributed by atoms with E-state index >= 15 is 0 Å². The van der Waals surface area contributed by atoms with Crippen LogP contribution in [0.5, 0.6) is 0 Å². The van der Waals surface area contributed by atoms with Crippen LogP contribution >= 0.6 is 0 Å². The van der Waals surface area contributed by atoms with E-state index in [1.165, 1.54) is 0 Å². The fourth-order valence-corrected chi connectivity index (χ4v) is 1.15. The number of nitriles is 1. The lowest BCUT2D eigenvalue weighted by Crippen LogP contribution is -2.09. The molecule has 0 saturated heterocycles. The summed E-state index contributed by atoms with van der Waals surface area (Å²) in [5.74, 6) is -1.01. The minimum atomic E-state index is -0.981. The summed E-state index contributed by atoms with van der Waals surface area (Å²) in [5, 5.41) is 17.1. The second kappa shape index (κ2) is 6.24. The zero-order valence-corrected chi connectivity index (χ0v) is 8.08. The van der Waals surface area contributed by atoms with Crippen molar-refractivity contribution < 1.29 is 9.90 Å². The largest absolute Gasteiger partial charge is 0.478 e. The van der Waals surface area contributed by atoms with Gasteiger partial charge in [0.2, 0.25) is 0 Å². The van der Waals surface area contributed by atoms with Gasteiger partial charge in [-0.25, -0.2) is 4.79 Å². The van der Waals surface area contributed by atoms with Crippen LogP contribution in [0, 0.1) is 17.2 Å². The van der Waals surface area contributed by atoms with Crippen LogP contribution in [-0.4, -0.2) is 11.1 Å². The third kappa shape index (κ3) is 4.32. The van der Waals surface area contributed by atoms with Crippen LogP contribution in [-0.2, 0) is 4.79 Å². The summed E-state index contributed by atoms with van der Waals surface area (Å²) in [7, 11) is 0. The summed E-state index contributed by atoms with van der Waals surface area (Å²) in [6.07, 6.45) is 4.00. The van der Waals surface area contributed by atoms with Crippen molar-refractivity contribution in [3.05, 3.63) is 11.6 Å². The van der Waals surface area contributed by atoms with Crippen molar-refractivity contribution in [1.29, 1.82) is 5.26 Å². The molecule has 0 aliphatic heterocycles. The lowest BCUT2D eigenvalue weighted by Gasteiger charge is -2.09. The Labute approximate surface area is 78.7 Å².